The molecule has 0 radical (unpaired) electrons. The molecule has 23 heavy (non-hydrogen) atoms. The van der Waals surface area contributed by atoms with Crippen molar-refractivity contribution in [2.24, 2.45) is 0 Å². The minimum Gasteiger partial charge on any atom is -0.444 e. The van der Waals surface area contributed by atoms with E-state index in [2.05, 4.69) is 10.6 Å². The molecule has 0 saturated carbocycles. The second-order valence-electron chi connectivity index (χ2n) is 6.17. The third kappa shape index (κ3) is 11.1. The second kappa shape index (κ2) is 9.92. The molecule has 1 amide bonds. The molecular formula is C14H26F4N2O3. The molecule has 0 heterocycles. The van der Waals surface area contributed by atoms with E-state index >= 15 is 0 Å². The van der Waals surface area contributed by atoms with E-state index in [1.165, 1.54) is 7.11 Å². The van der Waals surface area contributed by atoms with E-state index in [0.717, 1.165) is 0 Å². The summed E-state index contributed by atoms with van der Waals surface area (Å²) in [5, 5.41) is 4.90. The Hall–Kier alpha value is -1.09. The summed E-state index contributed by atoms with van der Waals surface area (Å²) in [6, 6.07) is -0.509. The summed E-state index contributed by atoms with van der Waals surface area (Å²) < 4.78 is 59.8. The van der Waals surface area contributed by atoms with Crippen LogP contribution >= 0.6 is 0 Å². The van der Waals surface area contributed by atoms with Gasteiger partial charge in [0.05, 0.1) is 13.2 Å². The van der Waals surface area contributed by atoms with Gasteiger partial charge < -0.3 is 20.1 Å². The number of nitrogens with one attached hydrogen (secondary N) is 2. The van der Waals surface area contributed by atoms with E-state index in [0.29, 0.717) is 12.8 Å². The van der Waals surface area contributed by atoms with Crippen LogP contribution in [0.3, 0.4) is 0 Å². The lowest BCUT2D eigenvalue weighted by Crippen LogP contribution is -2.45. The first-order chi connectivity index (χ1) is 10.5. The minimum atomic E-state index is -4.08. The molecule has 0 fully saturated rings. The van der Waals surface area contributed by atoms with Crippen LogP contribution < -0.4 is 10.6 Å². The minimum absolute atomic E-state index is 0.103. The lowest BCUT2D eigenvalue weighted by atomic mass is 10.1. The molecule has 0 saturated heterocycles. The van der Waals surface area contributed by atoms with E-state index in [1.807, 2.05) is 0 Å². The largest absolute Gasteiger partial charge is 0.444 e. The van der Waals surface area contributed by atoms with Crippen molar-refractivity contribution >= 4 is 6.09 Å². The molecule has 0 aliphatic carbocycles. The van der Waals surface area contributed by atoms with Gasteiger partial charge in [-0.1, -0.05) is 0 Å². The van der Waals surface area contributed by atoms with Crippen LogP contribution in [-0.4, -0.2) is 56.9 Å². The van der Waals surface area contributed by atoms with Gasteiger partial charge in [0.1, 0.15) is 5.60 Å². The molecule has 138 valence electrons. The standard InChI is InChI=1S/C14H26F4N2O3/c1-13(2,3)23-12(21)19-7-5-6-10(8-22-4)20-9-14(17,18)11(15)16/h10-11,20H,5-9H2,1-4H3,(H,19,21). The molecule has 0 aliphatic rings. The van der Waals surface area contributed by atoms with Gasteiger partial charge in [0.25, 0.3) is 0 Å². The molecule has 0 aromatic carbocycles. The molecule has 0 aliphatic heterocycles. The Morgan fingerprint density at radius 3 is 2.30 bits per heavy atom. The number of amides is 1. The van der Waals surface area contributed by atoms with E-state index in [1.54, 1.807) is 20.8 Å². The molecule has 5 nitrogen and oxygen atoms in total. The maximum atomic E-state index is 12.9. The number of ether oxygens (including phenoxy) is 2. The topological polar surface area (TPSA) is 59.6 Å². The zero-order valence-corrected chi connectivity index (χ0v) is 13.9. The molecule has 0 bridgehead atoms. The zero-order chi connectivity index (χ0) is 18.1. The lowest BCUT2D eigenvalue weighted by molar-refractivity contribution is -0.126. The van der Waals surface area contributed by atoms with Gasteiger partial charge in [0, 0.05) is 19.7 Å². The summed E-state index contributed by atoms with van der Waals surface area (Å²) in [5.74, 6) is -4.08. The van der Waals surface area contributed by atoms with Crippen LogP contribution in [0.2, 0.25) is 0 Å². The number of hydrogen-bond acceptors (Lipinski definition) is 4. The van der Waals surface area contributed by atoms with Gasteiger partial charge in [-0.2, -0.15) is 8.78 Å². The lowest BCUT2D eigenvalue weighted by Gasteiger charge is -2.22. The first kappa shape index (κ1) is 21.9. The monoisotopic (exact) mass is 346 g/mol. The van der Waals surface area contributed by atoms with Gasteiger partial charge in [-0.3, -0.25) is 0 Å². The molecule has 0 rings (SSSR count). The number of methoxy groups -OCH3 is 1. The summed E-state index contributed by atoms with van der Waals surface area (Å²) in [5.41, 5.74) is -0.606. The number of rotatable bonds is 10. The Balaban J connectivity index is 4.08. The molecule has 1 atom stereocenters. The Morgan fingerprint density at radius 2 is 1.83 bits per heavy atom. The fourth-order valence-electron chi connectivity index (χ4n) is 1.66. The van der Waals surface area contributed by atoms with Gasteiger partial charge in [-0.15, -0.1) is 0 Å². The molecule has 0 aromatic rings. The van der Waals surface area contributed by atoms with E-state index in [9.17, 15) is 22.4 Å². The molecule has 2 N–H and O–H groups in total. The Bertz CT molecular complexity index is 349. The van der Waals surface area contributed by atoms with Crippen LogP contribution in [0.1, 0.15) is 33.6 Å². The van der Waals surface area contributed by atoms with Crippen LogP contribution in [0, 0.1) is 0 Å². The van der Waals surface area contributed by atoms with Gasteiger partial charge >= 0.3 is 18.4 Å². The van der Waals surface area contributed by atoms with E-state index in [4.69, 9.17) is 9.47 Å². The van der Waals surface area contributed by atoms with Crippen molar-refractivity contribution in [1.29, 1.82) is 0 Å². The summed E-state index contributed by atoms with van der Waals surface area (Å²) in [6.45, 7) is 4.45. The average Bonchev–Trinajstić information content (AvgIpc) is 2.38. The number of carbonyl (C=O) groups excluding carboxylic acids is 1. The highest BCUT2D eigenvalue weighted by atomic mass is 19.3. The first-order valence-electron chi connectivity index (χ1n) is 7.33. The molecule has 9 heteroatoms. The van der Waals surface area contributed by atoms with Crippen LogP contribution in [0.25, 0.3) is 0 Å². The van der Waals surface area contributed by atoms with Crippen LogP contribution in [0.5, 0.6) is 0 Å². The maximum Gasteiger partial charge on any atom is 0.407 e. The molecule has 0 spiro atoms. The van der Waals surface area contributed by atoms with Gasteiger partial charge in [0.15, 0.2) is 0 Å². The van der Waals surface area contributed by atoms with Crippen molar-refractivity contribution in [3.63, 3.8) is 0 Å². The Labute approximate surface area is 134 Å². The average molecular weight is 346 g/mol. The SMILES string of the molecule is COCC(CCCNC(=O)OC(C)(C)C)NCC(F)(F)C(F)F. The van der Waals surface area contributed by atoms with Crippen LogP contribution in [0.4, 0.5) is 22.4 Å². The number of halogens is 4. The number of alkyl carbamates (subject to hydrolysis) is 1. The molecule has 0 aromatic heterocycles. The predicted molar refractivity (Wildman–Crippen MR) is 78.1 cm³/mol. The van der Waals surface area contributed by atoms with Gasteiger partial charge in [-0.25, -0.2) is 13.6 Å². The number of alkyl halides is 4. The van der Waals surface area contributed by atoms with Crippen LogP contribution in [0.15, 0.2) is 0 Å². The summed E-state index contributed by atoms with van der Waals surface area (Å²) in [7, 11) is 1.39. The van der Waals surface area contributed by atoms with Crippen molar-refractivity contribution in [2.45, 2.75) is 57.6 Å². The Morgan fingerprint density at radius 1 is 1.22 bits per heavy atom. The third-order valence-electron chi connectivity index (χ3n) is 2.71. The number of carbonyl (C=O) groups is 1. The molecule has 1 unspecified atom stereocenters. The van der Waals surface area contributed by atoms with Crippen molar-refractivity contribution in [2.75, 3.05) is 26.8 Å². The fourth-order valence-corrected chi connectivity index (χ4v) is 1.66. The van der Waals surface area contributed by atoms with E-state index < -0.39 is 36.6 Å². The predicted octanol–water partition coefficient (Wildman–Crippen LogP) is 2.80. The quantitative estimate of drug-likeness (QED) is 0.472. The van der Waals surface area contributed by atoms with Crippen molar-refractivity contribution in [3.05, 3.63) is 0 Å². The summed E-state index contributed by atoms with van der Waals surface area (Å²) >= 11 is 0. The second-order valence-corrected chi connectivity index (χ2v) is 6.17. The van der Waals surface area contributed by atoms with Crippen molar-refractivity contribution < 1.29 is 31.8 Å². The normalized spacial score (nSPS) is 14.0. The highest BCUT2D eigenvalue weighted by Gasteiger charge is 2.40. The number of hydrogen-bond donors (Lipinski definition) is 2. The van der Waals surface area contributed by atoms with Gasteiger partial charge in [0.2, 0.25) is 0 Å². The fraction of sp³-hybridized carbons (Fsp3) is 0.929. The zero-order valence-electron chi connectivity index (χ0n) is 13.9. The maximum absolute atomic E-state index is 12.9. The third-order valence-corrected chi connectivity index (χ3v) is 2.71. The first-order valence-corrected chi connectivity index (χ1v) is 7.33. The van der Waals surface area contributed by atoms with E-state index in [-0.39, 0.29) is 13.2 Å². The van der Waals surface area contributed by atoms with Crippen molar-refractivity contribution in [1.82, 2.24) is 10.6 Å². The summed E-state index contributed by atoms with van der Waals surface area (Å²) in [4.78, 5) is 11.4. The van der Waals surface area contributed by atoms with Crippen LogP contribution in [-0.2, 0) is 9.47 Å². The summed E-state index contributed by atoms with van der Waals surface area (Å²) in [6.07, 6.45) is -3.45. The smallest absolute Gasteiger partial charge is 0.407 e. The highest BCUT2D eigenvalue weighted by molar-refractivity contribution is 5.67. The Kier molecular flexibility index (Phi) is 9.45. The molecular weight excluding hydrogens is 320 g/mol. The highest BCUT2D eigenvalue weighted by Crippen LogP contribution is 2.21. The van der Waals surface area contributed by atoms with Gasteiger partial charge in [-0.05, 0) is 33.6 Å². The van der Waals surface area contributed by atoms with Crippen molar-refractivity contribution in [3.8, 4) is 0 Å².